The zero-order valence-corrected chi connectivity index (χ0v) is 19.9. The van der Waals surface area contributed by atoms with Crippen LogP contribution in [-0.4, -0.2) is 66.3 Å². The Morgan fingerprint density at radius 3 is 2.03 bits per heavy atom. The van der Waals surface area contributed by atoms with Crippen LogP contribution in [0.3, 0.4) is 0 Å². The van der Waals surface area contributed by atoms with Crippen molar-refractivity contribution in [2.24, 2.45) is 0 Å². The molecule has 2 fully saturated rings. The predicted molar refractivity (Wildman–Crippen MR) is 133 cm³/mol. The topological polar surface area (TPSA) is 74.4 Å². The molecule has 3 aromatic carbocycles. The van der Waals surface area contributed by atoms with Gasteiger partial charge in [0.2, 0.25) is 6.79 Å². The lowest BCUT2D eigenvalue weighted by molar-refractivity contribution is -0.132. The molecule has 36 heavy (non-hydrogen) atoms. The fraction of sp³-hybridized carbons (Fsp3) is 0.286. The van der Waals surface area contributed by atoms with Gasteiger partial charge in [-0.2, -0.15) is 0 Å². The van der Waals surface area contributed by atoms with Crippen LogP contribution in [0.4, 0.5) is 4.79 Å². The number of carbonyl (C=O) groups excluding carboxylic acids is 2. The molecule has 3 aliphatic heterocycles. The van der Waals surface area contributed by atoms with Gasteiger partial charge in [-0.15, -0.1) is 0 Å². The summed E-state index contributed by atoms with van der Waals surface area (Å²) >= 11 is 0. The van der Waals surface area contributed by atoms with Crippen molar-refractivity contribution < 1.29 is 19.1 Å². The number of hydrogen-bond acceptors (Lipinski definition) is 6. The number of fused-ring (bicyclic) bond motifs is 1. The Hall–Kier alpha value is -3.88. The largest absolute Gasteiger partial charge is 0.454 e. The number of nitrogens with zero attached hydrogens (tertiary/aromatic N) is 3. The van der Waals surface area contributed by atoms with E-state index in [2.05, 4.69) is 21.2 Å². The van der Waals surface area contributed by atoms with Crippen LogP contribution in [0.2, 0.25) is 0 Å². The molecule has 1 N–H and O–H groups in total. The van der Waals surface area contributed by atoms with Gasteiger partial charge in [-0.3, -0.25) is 14.6 Å². The average molecular weight is 485 g/mol. The number of nitrogens with one attached hydrogen (secondary N) is 1. The maximum Gasteiger partial charge on any atom is 0.326 e. The van der Waals surface area contributed by atoms with E-state index in [1.165, 1.54) is 10.5 Å². The second-order valence-corrected chi connectivity index (χ2v) is 9.37. The minimum atomic E-state index is -1.22. The molecule has 0 aliphatic carbocycles. The molecule has 0 saturated carbocycles. The molecule has 3 amide bonds. The van der Waals surface area contributed by atoms with Gasteiger partial charge < -0.3 is 14.8 Å². The highest BCUT2D eigenvalue weighted by Gasteiger charge is 2.53. The Morgan fingerprint density at radius 2 is 1.36 bits per heavy atom. The molecular formula is C28H28N4O4. The van der Waals surface area contributed by atoms with Crippen molar-refractivity contribution in [2.75, 3.05) is 39.6 Å². The Labute approximate surface area is 210 Å². The predicted octanol–water partition coefficient (Wildman–Crippen LogP) is 2.99. The zero-order chi connectivity index (χ0) is 24.5. The van der Waals surface area contributed by atoms with Gasteiger partial charge in [-0.1, -0.05) is 66.7 Å². The second kappa shape index (κ2) is 9.29. The summed E-state index contributed by atoms with van der Waals surface area (Å²) in [6.45, 7) is 4.59. The normalized spacial score (nSPS) is 19.5. The Balaban J connectivity index is 1.14. The van der Waals surface area contributed by atoms with E-state index >= 15 is 0 Å². The van der Waals surface area contributed by atoms with Crippen LogP contribution in [0.15, 0.2) is 78.9 Å². The van der Waals surface area contributed by atoms with Crippen molar-refractivity contribution in [3.05, 3.63) is 95.6 Å². The highest BCUT2D eigenvalue weighted by molar-refractivity contribution is 6.09. The first kappa shape index (κ1) is 22.6. The number of piperazine rings is 1. The summed E-state index contributed by atoms with van der Waals surface area (Å²) in [5.41, 5.74) is 1.47. The van der Waals surface area contributed by atoms with Crippen molar-refractivity contribution in [1.82, 2.24) is 20.0 Å². The van der Waals surface area contributed by atoms with Crippen LogP contribution in [0, 0.1) is 0 Å². The van der Waals surface area contributed by atoms with Gasteiger partial charge >= 0.3 is 6.03 Å². The lowest BCUT2D eigenvalue weighted by atomic mass is 9.83. The molecule has 184 valence electrons. The zero-order valence-electron chi connectivity index (χ0n) is 19.9. The minimum Gasteiger partial charge on any atom is -0.454 e. The van der Waals surface area contributed by atoms with Gasteiger partial charge in [-0.25, -0.2) is 9.69 Å². The summed E-state index contributed by atoms with van der Waals surface area (Å²) in [7, 11) is 0. The van der Waals surface area contributed by atoms with E-state index in [1.54, 1.807) is 0 Å². The van der Waals surface area contributed by atoms with Crippen molar-refractivity contribution in [2.45, 2.75) is 12.1 Å². The molecule has 2 saturated heterocycles. The highest BCUT2D eigenvalue weighted by atomic mass is 16.7. The van der Waals surface area contributed by atoms with E-state index in [1.807, 2.05) is 72.8 Å². The van der Waals surface area contributed by atoms with Crippen LogP contribution in [0.5, 0.6) is 11.5 Å². The number of imide groups is 1. The summed E-state index contributed by atoms with van der Waals surface area (Å²) in [6.07, 6.45) is 0. The number of ether oxygens (including phenoxy) is 2. The van der Waals surface area contributed by atoms with Crippen LogP contribution >= 0.6 is 0 Å². The third-order valence-electron chi connectivity index (χ3n) is 7.17. The van der Waals surface area contributed by atoms with E-state index in [0.29, 0.717) is 0 Å². The average Bonchev–Trinajstić information content (AvgIpc) is 3.49. The third kappa shape index (κ3) is 3.98. The lowest BCUT2D eigenvalue weighted by Gasteiger charge is -2.36. The van der Waals surface area contributed by atoms with E-state index in [9.17, 15) is 9.59 Å². The Bertz CT molecular complexity index is 1220. The van der Waals surface area contributed by atoms with E-state index < -0.39 is 5.54 Å². The molecule has 0 unspecified atom stereocenters. The van der Waals surface area contributed by atoms with Crippen molar-refractivity contribution in [3.8, 4) is 11.5 Å². The van der Waals surface area contributed by atoms with E-state index in [0.717, 1.165) is 55.3 Å². The fourth-order valence-electron chi connectivity index (χ4n) is 5.23. The first-order valence-corrected chi connectivity index (χ1v) is 12.2. The summed E-state index contributed by atoms with van der Waals surface area (Å²) in [5.74, 6) is 1.34. The van der Waals surface area contributed by atoms with E-state index in [4.69, 9.17) is 9.47 Å². The molecule has 8 heteroatoms. The molecule has 6 rings (SSSR count). The standard InChI is InChI=1S/C28H28N4O4/c33-26-28(22-7-3-1-4-8-22,23-9-5-2-6-10-23)29-27(34)32(26)19-31-15-13-30(14-16-31)18-21-11-12-24-25(17-21)36-20-35-24/h1-12,17H,13-16,18-20H2,(H,29,34). The van der Waals surface area contributed by atoms with Gasteiger partial charge in [0.15, 0.2) is 17.0 Å². The molecule has 0 bridgehead atoms. The molecule has 0 spiro atoms. The van der Waals surface area contributed by atoms with Gasteiger partial charge in [0, 0.05) is 32.7 Å². The first-order chi connectivity index (χ1) is 17.6. The van der Waals surface area contributed by atoms with Gasteiger partial charge in [-0.05, 0) is 28.8 Å². The monoisotopic (exact) mass is 484 g/mol. The molecule has 0 atom stereocenters. The van der Waals surface area contributed by atoms with Crippen LogP contribution in [0.25, 0.3) is 0 Å². The van der Waals surface area contributed by atoms with Crippen LogP contribution < -0.4 is 14.8 Å². The van der Waals surface area contributed by atoms with Crippen molar-refractivity contribution >= 4 is 11.9 Å². The van der Waals surface area contributed by atoms with Crippen LogP contribution in [0.1, 0.15) is 16.7 Å². The minimum absolute atomic E-state index is 0.243. The number of carbonyl (C=O) groups is 2. The quantitative estimate of drug-likeness (QED) is 0.543. The smallest absolute Gasteiger partial charge is 0.326 e. The summed E-state index contributed by atoms with van der Waals surface area (Å²) in [5, 5.41) is 3.03. The molecular weight excluding hydrogens is 456 g/mol. The summed E-state index contributed by atoms with van der Waals surface area (Å²) in [6, 6.07) is 24.6. The summed E-state index contributed by atoms with van der Waals surface area (Å²) < 4.78 is 10.9. The number of hydrogen-bond donors (Lipinski definition) is 1. The number of benzene rings is 3. The van der Waals surface area contributed by atoms with Gasteiger partial charge in [0.25, 0.3) is 5.91 Å². The molecule has 3 aromatic rings. The fourth-order valence-corrected chi connectivity index (χ4v) is 5.23. The van der Waals surface area contributed by atoms with E-state index in [-0.39, 0.29) is 25.4 Å². The molecule has 0 radical (unpaired) electrons. The Kier molecular flexibility index (Phi) is 5.83. The maximum absolute atomic E-state index is 13.9. The Morgan fingerprint density at radius 1 is 0.750 bits per heavy atom. The van der Waals surface area contributed by atoms with Gasteiger partial charge in [0.1, 0.15) is 0 Å². The maximum atomic E-state index is 13.9. The molecule has 3 heterocycles. The number of urea groups is 1. The molecule has 8 nitrogen and oxygen atoms in total. The van der Waals surface area contributed by atoms with Crippen molar-refractivity contribution in [3.63, 3.8) is 0 Å². The second-order valence-electron chi connectivity index (χ2n) is 9.37. The number of rotatable bonds is 6. The van der Waals surface area contributed by atoms with Gasteiger partial charge in [0.05, 0.1) is 6.67 Å². The van der Waals surface area contributed by atoms with Crippen molar-refractivity contribution in [1.29, 1.82) is 0 Å². The van der Waals surface area contributed by atoms with Crippen LogP contribution in [-0.2, 0) is 16.9 Å². The molecule has 0 aromatic heterocycles. The molecule has 3 aliphatic rings. The highest BCUT2D eigenvalue weighted by Crippen LogP contribution is 2.36. The number of amides is 3. The first-order valence-electron chi connectivity index (χ1n) is 12.2. The lowest BCUT2D eigenvalue weighted by Crippen LogP contribution is -2.51. The SMILES string of the molecule is O=C1NC(c2ccccc2)(c2ccccc2)C(=O)N1CN1CCN(Cc2ccc3c(c2)OCO3)CC1. The summed E-state index contributed by atoms with van der Waals surface area (Å²) in [4.78, 5) is 32.9. The third-order valence-corrected chi connectivity index (χ3v) is 7.17.